The van der Waals surface area contributed by atoms with Gasteiger partial charge in [0.1, 0.15) is 6.54 Å². The molecule has 11 nitrogen and oxygen atoms in total. The fourth-order valence-electron chi connectivity index (χ4n) is 1.68. The lowest BCUT2D eigenvalue weighted by Crippen LogP contribution is -2.35. The van der Waals surface area contributed by atoms with Crippen LogP contribution in [-0.4, -0.2) is 41.5 Å². The van der Waals surface area contributed by atoms with E-state index in [4.69, 9.17) is 5.11 Å². The van der Waals surface area contributed by atoms with Crippen LogP contribution < -0.4 is 5.32 Å². The molecule has 2 N–H and O–H groups in total. The average molecular weight is 322 g/mol. The molecule has 0 aromatic carbocycles. The second-order valence-corrected chi connectivity index (χ2v) is 5.21. The van der Waals surface area contributed by atoms with Gasteiger partial charge in [0.05, 0.1) is 29.2 Å². The molecule has 0 atom stereocenters. The molecule has 2 heterocycles. The number of carboxylic acid groups (broad SMARTS) is 1. The molecule has 11 heteroatoms. The van der Waals surface area contributed by atoms with Crippen molar-refractivity contribution in [3.05, 3.63) is 34.8 Å². The molecule has 23 heavy (non-hydrogen) atoms. The van der Waals surface area contributed by atoms with E-state index in [1.165, 1.54) is 43.2 Å². The highest BCUT2D eigenvalue weighted by molar-refractivity contribution is 5.90. The number of hydrogen-bond donors (Lipinski definition) is 2. The summed E-state index contributed by atoms with van der Waals surface area (Å²) in [6.07, 6.45) is 4.01. The number of nitro groups is 1. The van der Waals surface area contributed by atoms with E-state index >= 15 is 0 Å². The van der Waals surface area contributed by atoms with Crippen LogP contribution in [-0.2, 0) is 21.7 Å². The number of aliphatic carboxylic acids is 1. The van der Waals surface area contributed by atoms with Gasteiger partial charge in [-0.1, -0.05) is 0 Å². The quantitative estimate of drug-likeness (QED) is 0.579. The van der Waals surface area contributed by atoms with Gasteiger partial charge in [-0.2, -0.15) is 9.78 Å². The Labute approximate surface area is 129 Å². The summed E-state index contributed by atoms with van der Waals surface area (Å²) in [5.41, 5.74) is -0.947. The van der Waals surface area contributed by atoms with Crippen molar-refractivity contribution in [1.82, 2.24) is 19.6 Å². The lowest BCUT2D eigenvalue weighted by molar-refractivity contribution is -0.389. The molecule has 0 fully saturated rings. The molecule has 0 bridgehead atoms. The van der Waals surface area contributed by atoms with Gasteiger partial charge in [-0.25, -0.2) is 4.79 Å². The van der Waals surface area contributed by atoms with Crippen LogP contribution in [0.3, 0.4) is 0 Å². The first-order chi connectivity index (χ1) is 10.7. The average Bonchev–Trinajstić information content (AvgIpc) is 3.08. The van der Waals surface area contributed by atoms with Gasteiger partial charge >= 0.3 is 11.8 Å². The fraction of sp³-hybridized carbons (Fsp3) is 0.333. The van der Waals surface area contributed by atoms with Crippen molar-refractivity contribution in [2.75, 3.05) is 5.32 Å². The molecular weight excluding hydrogens is 308 g/mol. The van der Waals surface area contributed by atoms with Crippen molar-refractivity contribution < 1.29 is 19.6 Å². The number of rotatable bonds is 6. The van der Waals surface area contributed by atoms with Crippen LogP contribution in [0.5, 0.6) is 0 Å². The van der Waals surface area contributed by atoms with Gasteiger partial charge in [-0.15, -0.1) is 0 Å². The third kappa shape index (κ3) is 3.51. The number of anilines is 1. The number of amides is 1. The van der Waals surface area contributed by atoms with Gasteiger partial charge in [0.15, 0.2) is 5.54 Å². The van der Waals surface area contributed by atoms with Gasteiger partial charge in [0.25, 0.3) is 0 Å². The number of nitrogens with zero attached hydrogens (tertiary/aromatic N) is 5. The Balaban J connectivity index is 2.02. The van der Waals surface area contributed by atoms with Gasteiger partial charge in [-0.3, -0.25) is 9.48 Å². The minimum absolute atomic E-state index is 0.221. The van der Waals surface area contributed by atoms with Crippen LogP contribution >= 0.6 is 0 Å². The van der Waals surface area contributed by atoms with Crippen LogP contribution in [0.4, 0.5) is 11.5 Å². The third-order valence-electron chi connectivity index (χ3n) is 3.08. The summed E-state index contributed by atoms with van der Waals surface area (Å²) in [4.78, 5) is 32.8. The first-order valence-corrected chi connectivity index (χ1v) is 6.46. The Hall–Kier alpha value is -3.24. The van der Waals surface area contributed by atoms with Crippen molar-refractivity contribution in [2.24, 2.45) is 0 Å². The second kappa shape index (κ2) is 5.87. The molecule has 0 aliphatic rings. The molecular formula is C12H14N6O5. The van der Waals surface area contributed by atoms with Crippen LogP contribution in [0.2, 0.25) is 0 Å². The lowest BCUT2D eigenvalue weighted by Gasteiger charge is -2.19. The molecule has 0 aliphatic carbocycles. The summed E-state index contributed by atoms with van der Waals surface area (Å²) in [6, 6.07) is 1.18. The van der Waals surface area contributed by atoms with Crippen LogP contribution in [0, 0.1) is 10.1 Å². The maximum absolute atomic E-state index is 11.9. The smallest absolute Gasteiger partial charge is 0.389 e. The van der Waals surface area contributed by atoms with E-state index in [1.54, 1.807) is 0 Å². The monoisotopic (exact) mass is 322 g/mol. The lowest BCUT2D eigenvalue weighted by atomic mass is 10.1. The Bertz CT molecular complexity index is 762. The first-order valence-electron chi connectivity index (χ1n) is 6.46. The summed E-state index contributed by atoms with van der Waals surface area (Å²) < 4.78 is 2.34. The van der Waals surface area contributed by atoms with Crippen molar-refractivity contribution in [1.29, 1.82) is 0 Å². The molecule has 0 spiro atoms. The van der Waals surface area contributed by atoms with E-state index < -0.39 is 22.3 Å². The van der Waals surface area contributed by atoms with Gasteiger partial charge in [0.2, 0.25) is 5.91 Å². The molecule has 0 saturated heterocycles. The van der Waals surface area contributed by atoms with Crippen LogP contribution in [0.15, 0.2) is 24.7 Å². The summed E-state index contributed by atoms with van der Waals surface area (Å²) >= 11 is 0. The predicted molar refractivity (Wildman–Crippen MR) is 76.7 cm³/mol. The maximum atomic E-state index is 11.9. The fourth-order valence-corrected chi connectivity index (χ4v) is 1.68. The number of carbonyl (C=O) groups excluding carboxylic acids is 1. The zero-order valence-corrected chi connectivity index (χ0v) is 12.3. The van der Waals surface area contributed by atoms with E-state index in [0.717, 1.165) is 4.68 Å². The van der Waals surface area contributed by atoms with E-state index in [0.29, 0.717) is 5.69 Å². The highest BCUT2D eigenvalue weighted by Gasteiger charge is 2.30. The molecule has 122 valence electrons. The van der Waals surface area contributed by atoms with Crippen LogP contribution in [0.25, 0.3) is 0 Å². The summed E-state index contributed by atoms with van der Waals surface area (Å²) in [5.74, 6) is -1.90. The van der Waals surface area contributed by atoms with Crippen molar-refractivity contribution in [2.45, 2.75) is 25.9 Å². The second-order valence-electron chi connectivity index (χ2n) is 5.21. The first kappa shape index (κ1) is 16.1. The highest BCUT2D eigenvalue weighted by atomic mass is 16.6. The summed E-state index contributed by atoms with van der Waals surface area (Å²) in [7, 11) is 0. The van der Waals surface area contributed by atoms with E-state index in [-0.39, 0.29) is 12.4 Å². The Morgan fingerprint density at radius 1 is 1.48 bits per heavy atom. The summed E-state index contributed by atoms with van der Waals surface area (Å²) in [5, 5.41) is 29.7. The van der Waals surface area contributed by atoms with Crippen molar-refractivity contribution in [3.8, 4) is 0 Å². The topological polar surface area (TPSA) is 145 Å². The molecule has 2 rings (SSSR count). The summed E-state index contributed by atoms with van der Waals surface area (Å²) in [6.45, 7) is 2.72. The molecule has 2 aromatic heterocycles. The van der Waals surface area contributed by atoms with E-state index in [9.17, 15) is 19.7 Å². The van der Waals surface area contributed by atoms with Gasteiger partial charge in [0, 0.05) is 6.20 Å². The van der Waals surface area contributed by atoms with Crippen molar-refractivity contribution >= 4 is 23.4 Å². The minimum Gasteiger partial charge on any atom is -0.479 e. The number of aromatic nitrogens is 4. The highest BCUT2D eigenvalue weighted by Crippen LogP contribution is 2.17. The molecule has 0 aliphatic heterocycles. The number of carboxylic acids is 1. The number of nitrogens with one attached hydrogen (secondary N) is 1. The van der Waals surface area contributed by atoms with E-state index in [1.807, 2.05) is 0 Å². The largest absolute Gasteiger partial charge is 0.479 e. The molecule has 0 saturated carbocycles. The Morgan fingerprint density at radius 2 is 2.17 bits per heavy atom. The zero-order valence-electron chi connectivity index (χ0n) is 12.3. The Morgan fingerprint density at radius 3 is 2.74 bits per heavy atom. The number of carbonyl (C=O) groups is 2. The minimum atomic E-state index is -1.26. The molecule has 1 amide bonds. The molecule has 2 aromatic rings. The third-order valence-corrected chi connectivity index (χ3v) is 3.08. The predicted octanol–water partition coefficient (Wildman–Crippen LogP) is 0.446. The standard InChI is InChI=1S/C12H14N6O5/c1-12(2,11(20)21)17-6-8(5-13-17)14-10(19)7-16-4-3-9(15-16)18(22)23/h3-6H,7H2,1-2H3,(H,14,19)(H,20,21). The van der Waals surface area contributed by atoms with Crippen LogP contribution in [0.1, 0.15) is 13.8 Å². The zero-order chi connectivity index (χ0) is 17.2. The van der Waals surface area contributed by atoms with Gasteiger partial charge in [-0.05, 0) is 18.8 Å². The normalized spacial score (nSPS) is 11.2. The SMILES string of the molecule is CC(C)(C(=O)O)n1cc(NC(=O)Cn2ccc([N+](=O)[O-])n2)cn1. The van der Waals surface area contributed by atoms with Crippen molar-refractivity contribution in [3.63, 3.8) is 0 Å². The maximum Gasteiger partial charge on any atom is 0.389 e. The Kier molecular flexibility index (Phi) is 4.12. The van der Waals surface area contributed by atoms with E-state index in [2.05, 4.69) is 15.5 Å². The molecule has 0 unspecified atom stereocenters. The number of hydrogen-bond acceptors (Lipinski definition) is 6. The molecule has 0 radical (unpaired) electrons. The van der Waals surface area contributed by atoms with Gasteiger partial charge < -0.3 is 20.5 Å².